The smallest absolute Gasteiger partial charge is 0.0493 e. The molecule has 324 valence electrons. The van der Waals surface area contributed by atoms with E-state index in [2.05, 4.69) is 240 Å². The van der Waals surface area contributed by atoms with E-state index in [0.717, 1.165) is 44.2 Å². The molecule has 0 aromatic heterocycles. The number of nitrogens with zero attached hydrogens (tertiary/aromatic N) is 2. The Morgan fingerprint density at radius 1 is 0.294 bits per heavy atom. The highest BCUT2D eigenvalue weighted by Gasteiger charge is 2.28. The van der Waals surface area contributed by atoms with E-state index in [9.17, 15) is 0 Å². The van der Waals surface area contributed by atoms with Gasteiger partial charge in [0.1, 0.15) is 0 Å². The Morgan fingerprint density at radius 3 is 1.19 bits per heavy atom. The van der Waals surface area contributed by atoms with Gasteiger partial charge in [-0.1, -0.05) is 188 Å². The summed E-state index contributed by atoms with van der Waals surface area (Å²) >= 11 is 0. The first-order valence-electron chi connectivity index (χ1n) is 24.3. The summed E-state index contributed by atoms with van der Waals surface area (Å²) in [7, 11) is 0. The highest BCUT2D eigenvalue weighted by molar-refractivity contribution is 6.22. The third-order valence-corrected chi connectivity index (χ3v) is 14.7. The van der Waals surface area contributed by atoms with Gasteiger partial charge in [-0.15, -0.1) is 0 Å². The van der Waals surface area contributed by atoms with E-state index in [0.29, 0.717) is 0 Å². The molecule has 3 aliphatic rings. The number of fused-ring (bicyclic) bond motifs is 5. The highest BCUT2D eigenvalue weighted by atomic mass is 15.2. The first-order valence-corrected chi connectivity index (χ1v) is 24.3. The van der Waals surface area contributed by atoms with E-state index < -0.39 is 0 Å². The van der Waals surface area contributed by atoms with Gasteiger partial charge in [0.2, 0.25) is 0 Å². The van der Waals surface area contributed by atoms with Crippen LogP contribution in [0.25, 0.3) is 66.1 Å². The summed E-state index contributed by atoms with van der Waals surface area (Å²) in [5, 5.41) is 4.96. The molecular weight excluding hydrogens is 821 g/mol. The van der Waals surface area contributed by atoms with Crippen molar-refractivity contribution in [3.05, 3.63) is 259 Å². The van der Waals surface area contributed by atoms with E-state index in [1.54, 1.807) is 0 Å². The second-order valence-corrected chi connectivity index (χ2v) is 18.6. The Bertz CT molecular complexity index is 3550. The lowest BCUT2D eigenvalue weighted by Crippen LogP contribution is -2.19. The minimum absolute atomic E-state index is 1.00. The highest BCUT2D eigenvalue weighted by Crippen LogP contribution is 2.50. The molecule has 0 fully saturated rings. The Morgan fingerprint density at radius 2 is 0.691 bits per heavy atom. The zero-order valence-corrected chi connectivity index (χ0v) is 38.1. The number of benzene rings is 10. The molecule has 0 N–H and O–H groups in total. The van der Waals surface area contributed by atoms with Crippen LogP contribution < -0.4 is 9.80 Å². The van der Waals surface area contributed by atoms with Crippen LogP contribution in [0.2, 0.25) is 0 Å². The second kappa shape index (κ2) is 16.9. The van der Waals surface area contributed by atoms with Crippen LogP contribution in [-0.2, 0) is 19.3 Å². The summed E-state index contributed by atoms with van der Waals surface area (Å²) in [4.78, 5) is 5.11. The SMILES string of the molecule is C1=CC2=C(CC1)N(c1ccc3c(-c4ccc(-c5ccccc5)cc4)c4cc(N5c6ccccc6CCc6ccccc65)ccc4c(-c4ccc(-c5ccccc5)cc4)c3c1)c1ccccc1CC2. The zero-order chi connectivity index (χ0) is 45.0. The molecule has 2 nitrogen and oxygen atoms in total. The minimum atomic E-state index is 1.00. The summed E-state index contributed by atoms with van der Waals surface area (Å²) in [6, 6.07) is 81.7. The number of rotatable bonds is 6. The summed E-state index contributed by atoms with van der Waals surface area (Å²) in [6.45, 7) is 0. The van der Waals surface area contributed by atoms with Crippen molar-refractivity contribution in [3.63, 3.8) is 0 Å². The minimum Gasteiger partial charge on any atom is -0.314 e. The van der Waals surface area contributed by atoms with Crippen LogP contribution in [0.5, 0.6) is 0 Å². The van der Waals surface area contributed by atoms with Crippen LogP contribution in [0.1, 0.15) is 36.0 Å². The maximum absolute atomic E-state index is 2.60. The average Bonchev–Trinajstić information content (AvgIpc) is 3.69. The lowest BCUT2D eigenvalue weighted by atomic mass is 9.84. The molecule has 2 heteroatoms. The fourth-order valence-electron chi connectivity index (χ4n) is 11.4. The molecule has 68 heavy (non-hydrogen) atoms. The van der Waals surface area contributed by atoms with Crippen molar-refractivity contribution < 1.29 is 0 Å². The predicted molar refractivity (Wildman–Crippen MR) is 288 cm³/mol. The molecule has 0 bridgehead atoms. The molecule has 0 saturated heterocycles. The van der Waals surface area contributed by atoms with Gasteiger partial charge in [0.05, 0.1) is 0 Å². The lowest BCUT2D eigenvalue weighted by Gasteiger charge is -2.31. The second-order valence-electron chi connectivity index (χ2n) is 18.6. The molecule has 10 aromatic rings. The molecule has 0 spiro atoms. The normalized spacial score (nSPS) is 14.2. The molecule has 0 unspecified atom stereocenters. The predicted octanol–water partition coefficient (Wildman–Crippen LogP) is 17.9. The van der Waals surface area contributed by atoms with Crippen LogP contribution in [0.15, 0.2) is 242 Å². The molecule has 2 aliphatic heterocycles. The van der Waals surface area contributed by atoms with E-state index in [4.69, 9.17) is 0 Å². The first kappa shape index (κ1) is 40.1. The molecule has 0 saturated carbocycles. The summed E-state index contributed by atoms with van der Waals surface area (Å²) in [5.74, 6) is 0. The third-order valence-electron chi connectivity index (χ3n) is 14.7. The van der Waals surface area contributed by atoms with E-state index >= 15 is 0 Å². The van der Waals surface area contributed by atoms with Crippen LogP contribution in [0, 0.1) is 0 Å². The van der Waals surface area contributed by atoms with Crippen molar-refractivity contribution in [1.82, 2.24) is 0 Å². The molecule has 0 radical (unpaired) electrons. The fraction of sp³-hybridized carbons (Fsp3) is 0.0909. The Kier molecular flexibility index (Phi) is 9.97. The molecule has 2 heterocycles. The van der Waals surface area contributed by atoms with Gasteiger partial charge in [-0.3, -0.25) is 0 Å². The van der Waals surface area contributed by atoms with Crippen molar-refractivity contribution >= 4 is 50.0 Å². The molecule has 0 amide bonds. The number of hydrogen-bond donors (Lipinski definition) is 0. The van der Waals surface area contributed by atoms with Crippen LogP contribution in [0.3, 0.4) is 0 Å². The fourth-order valence-corrected chi connectivity index (χ4v) is 11.4. The van der Waals surface area contributed by atoms with Crippen molar-refractivity contribution in [2.45, 2.75) is 38.5 Å². The van der Waals surface area contributed by atoms with Gasteiger partial charge >= 0.3 is 0 Å². The third kappa shape index (κ3) is 6.95. The maximum atomic E-state index is 2.60. The van der Waals surface area contributed by atoms with Gasteiger partial charge in [0.15, 0.2) is 0 Å². The topological polar surface area (TPSA) is 6.48 Å². The van der Waals surface area contributed by atoms with E-state index in [1.165, 1.54) is 117 Å². The number of hydrogen-bond acceptors (Lipinski definition) is 2. The number of anilines is 5. The van der Waals surface area contributed by atoms with Gasteiger partial charge in [-0.25, -0.2) is 0 Å². The molecule has 1 aliphatic carbocycles. The number of aryl methyl sites for hydroxylation is 3. The summed E-state index contributed by atoms with van der Waals surface area (Å²) < 4.78 is 0. The van der Waals surface area contributed by atoms with Gasteiger partial charge in [-0.05, 0) is 169 Å². The lowest BCUT2D eigenvalue weighted by molar-refractivity contribution is 0.874. The van der Waals surface area contributed by atoms with Gasteiger partial charge in [-0.2, -0.15) is 0 Å². The van der Waals surface area contributed by atoms with E-state index in [1.807, 2.05) is 0 Å². The molecular formula is C66H50N2. The van der Waals surface area contributed by atoms with Crippen molar-refractivity contribution in [1.29, 1.82) is 0 Å². The zero-order valence-electron chi connectivity index (χ0n) is 38.1. The Balaban J connectivity index is 1.11. The maximum Gasteiger partial charge on any atom is 0.0493 e. The summed E-state index contributed by atoms with van der Waals surface area (Å²) in [6.07, 6.45) is 10.9. The van der Waals surface area contributed by atoms with Crippen LogP contribution in [0.4, 0.5) is 28.4 Å². The van der Waals surface area contributed by atoms with Crippen molar-refractivity contribution in [2.75, 3.05) is 9.80 Å². The Labute approximate surface area is 399 Å². The summed E-state index contributed by atoms with van der Waals surface area (Å²) in [5.41, 5.74) is 22.9. The quantitative estimate of drug-likeness (QED) is 0.154. The van der Waals surface area contributed by atoms with Crippen molar-refractivity contribution in [2.24, 2.45) is 0 Å². The number of allylic oxidation sites excluding steroid dienone is 4. The van der Waals surface area contributed by atoms with Crippen LogP contribution >= 0.6 is 0 Å². The average molecular weight is 871 g/mol. The molecule has 13 rings (SSSR count). The largest absolute Gasteiger partial charge is 0.314 e. The van der Waals surface area contributed by atoms with Gasteiger partial charge in [0.25, 0.3) is 0 Å². The first-order chi connectivity index (χ1) is 33.7. The Hall–Kier alpha value is -8.20. The molecule has 10 aromatic carbocycles. The number of para-hydroxylation sites is 3. The molecule has 0 atom stereocenters. The van der Waals surface area contributed by atoms with Crippen molar-refractivity contribution in [3.8, 4) is 44.5 Å². The van der Waals surface area contributed by atoms with Crippen LogP contribution in [-0.4, -0.2) is 0 Å². The van der Waals surface area contributed by atoms with Gasteiger partial charge < -0.3 is 9.80 Å². The standard InChI is InChI=1S/C66H50N2/c1-3-15-45(16-4-1)47-27-35-53(36-28-47)65-57-41-39-56(68-63-25-13-9-21-51(63)33-34-52-22-10-14-26-64(52)68)44-60(57)66(54-37-29-48(30-38-54)46-17-5-2-6-18-46)58-42-40-55(43-59(58)65)67-61-23-11-7-19-49(61)31-32-50-20-8-12-24-62(50)67/h1-13,15-25,27-30,35-44H,14,26,31-34H2. The monoisotopic (exact) mass is 870 g/mol. The van der Waals surface area contributed by atoms with Gasteiger partial charge in [0, 0.05) is 34.1 Å². The van der Waals surface area contributed by atoms with E-state index in [-0.39, 0.29) is 0 Å².